The van der Waals surface area contributed by atoms with E-state index in [2.05, 4.69) is 10.4 Å². The average molecular weight is 358 g/mol. The molecule has 1 aliphatic heterocycles. The summed E-state index contributed by atoms with van der Waals surface area (Å²) in [4.78, 5) is 25.5. The number of aryl methyl sites for hydroxylation is 1. The molecule has 0 spiro atoms. The van der Waals surface area contributed by atoms with Crippen molar-refractivity contribution in [3.8, 4) is 0 Å². The monoisotopic (exact) mass is 358 g/mol. The van der Waals surface area contributed by atoms with Crippen molar-refractivity contribution in [1.82, 2.24) is 20.0 Å². The molecule has 1 aliphatic carbocycles. The van der Waals surface area contributed by atoms with E-state index in [1.807, 2.05) is 4.90 Å². The number of hydrogen-bond acceptors (Lipinski definition) is 3. The summed E-state index contributed by atoms with van der Waals surface area (Å²) in [5.74, 6) is -0.756. The third-order valence-corrected chi connectivity index (χ3v) is 4.66. The summed E-state index contributed by atoms with van der Waals surface area (Å²) in [6.45, 7) is 1.75. The van der Waals surface area contributed by atoms with Gasteiger partial charge in [-0.05, 0) is 25.3 Å². The van der Waals surface area contributed by atoms with Crippen LogP contribution in [-0.4, -0.2) is 39.2 Å². The van der Waals surface area contributed by atoms with Gasteiger partial charge in [0.15, 0.2) is 0 Å². The fourth-order valence-corrected chi connectivity index (χ4v) is 3.14. The highest BCUT2D eigenvalue weighted by Crippen LogP contribution is 2.29. The third kappa shape index (κ3) is 4.52. The molecule has 3 rings (SSSR count). The smallest absolute Gasteiger partial charge is 0.350 e. The van der Waals surface area contributed by atoms with Gasteiger partial charge in [-0.25, -0.2) is 0 Å². The lowest BCUT2D eigenvalue weighted by Gasteiger charge is -2.30. The summed E-state index contributed by atoms with van der Waals surface area (Å²) in [5.41, 5.74) is 1.36. The second-order valence-corrected chi connectivity index (χ2v) is 6.66. The maximum absolute atomic E-state index is 12.4. The Labute approximate surface area is 143 Å². The van der Waals surface area contributed by atoms with Gasteiger partial charge in [-0.15, -0.1) is 0 Å². The minimum absolute atomic E-state index is 0.0501. The Bertz CT molecular complexity index is 652. The number of nitrogens with zero attached hydrogens (tertiary/aromatic N) is 3. The van der Waals surface area contributed by atoms with Crippen molar-refractivity contribution < 1.29 is 22.8 Å². The number of aromatic nitrogens is 2. The van der Waals surface area contributed by atoms with Gasteiger partial charge in [0.2, 0.25) is 11.8 Å². The molecule has 0 aromatic carbocycles. The van der Waals surface area contributed by atoms with Gasteiger partial charge >= 0.3 is 6.18 Å². The molecule has 6 nitrogen and oxygen atoms in total. The lowest BCUT2D eigenvalue weighted by Crippen LogP contribution is -2.38. The molecule has 9 heteroatoms. The van der Waals surface area contributed by atoms with Crippen LogP contribution in [0, 0.1) is 5.92 Å². The number of rotatable bonds is 4. The summed E-state index contributed by atoms with van der Waals surface area (Å²) in [5, 5.41) is 6.57. The molecular formula is C16H21F3N4O2. The van der Waals surface area contributed by atoms with Crippen molar-refractivity contribution in [3.63, 3.8) is 0 Å². The van der Waals surface area contributed by atoms with Crippen molar-refractivity contribution >= 4 is 11.8 Å². The first-order valence-corrected chi connectivity index (χ1v) is 8.49. The second-order valence-electron chi connectivity index (χ2n) is 6.66. The van der Waals surface area contributed by atoms with Gasteiger partial charge in [-0.2, -0.15) is 18.3 Å². The SMILES string of the molecule is O=C(CC(F)(F)F)NCc1cc2n(n1)CCCN(C(=O)C1CCC1)C2. The van der Waals surface area contributed by atoms with Gasteiger partial charge in [0, 0.05) is 19.0 Å². The number of halogens is 3. The van der Waals surface area contributed by atoms with Gasteiger partial charge in [0.05, 0.1) is 24.5 Å². The van der Waals surface area contributed by atoms with Crippen LogP contribution in [0.5, 0.6) is 0 Å². The molecular weight excluding hydrogens is 337 g/mol. The van der Waals surface area contributed by atoms with Crippen molar-refractivity contribution in [2.24, 2.45) is 5.92 Å². The van der Waals surface area contributed by atoms with Crippen molar-refractivity contribution in [1.29, 1.82) is 0 Å². The second kappa shape index (κ2) is 7.05. The molecule has 0 saturated heterocycles. The highest BCUT2D eigenvalue weighted by Gasteiger charge is 2.32. The van der Waals surface area contributed by atoms with Crippen molar-refractivity contribution in [3.05, 3.63) is 17.5 Å². The summed E-state index contributed by atoms with van der Waals surface area (Å²) in [6.07, 6.45) is -2.23. The first kappa shape index (κ1) is 17.8. The molecule has 0 radical (unpaired) electrons. The van der Waals surface area contributed by atoms with Crippen LogP contribution < -0.4 is 5.32 Å². The van der Waals surface area contributed by atoms with E-state index in [4.69, 9.17) is 0 Å². The quantitative estimate of drug-likeness (QED) is 0.895. The van der Waals surface area contributed by atoms with Gasteiger partial charge in [-0.1, -0.05) is 6.42 Å². The Kier molecular flexibility index (Phi) is 5.01. The fourth-order valence-electron chi connectivity index (χ4n) is 3.14. The summed E-state index contributed by atoms with van der Waals surface area (Å²) < 4.78 is 38.3. The third-order valence-electron chi connectivity index (χ3n) is 4.66. The topological polar surface area (TPSA) is 67.2 Å². The molecule has 1 aromatic heterocycles. The molecule has 1 aromatic rings. The van der Waals surface area contributed by atoms with E-state index in [-0.39, 0.29) is 18.4 Å². The molecule has 2 heterocycles. The van der Waals surface area contributed by atoms with Gasteiger partial charge in [0.1, 0.15) is 6.42 Å². The number of carbonyl (C=O) groups is 2. The van der Waals surface area contributed by atoms with Crippen molar-refractivity contribution in [2.45, 2.75) is 57.9 Å². The number of nitrogens with one attached hydrogen (secondary N) is 1. The number of hydrogen-bond donors (Lipinski definition) is 1. The minimum atomic E-state index is -4.52. The van der Waals surface area contributed by atoms with E-state index >= 15 is 0 Å². The van der Waals surface area contributed by atoms with E-state index in [1.165, 1.54) is 0 Å². The Balaban J connectivity index is 1.59. The minimum Gasteiger partial charge on any atom is -0.350 e. The maximum atomic E-state index is 12.4. The number of amides is 2. The van der Waals surface area contributed by atoms with Crippen LogP contribution in [0.4, 0.5) is 13.2 Å². The first-order valence-electron chi connectivity index (χ1n) is 8.49. The van der Waals surface area contributed by atoms with Crippen LogP contribution in [0.3, 0.4) is 0 Å². The highest BCUT2D eigenvalue weighted by atomic mass is 19.4. The zero-order valence-electron chi connectivity index (χ0n) is 13.8. The number of carbonyl (C=O) groups excluding carboxylic acids is 2. The van der Waals surface area contributed by atoms with Gasteiger partial charge in [0.25, 0.3) is 0 Å². The van der Waals surface area contributed by atoms with Gasteiger partial charge < -0.3 is 10.2 Å². The summed E-state index contributed by atoms with van der Waals surface area (Å²) >= 11 is 0. The Morgan fingerprint density at radius 3 is 2.64 bits per heavy atom. The standard InChI is InChI=1S/C16H21F3N4O2/c17-16(18,19)8-14(24)20-9-12-7-13-10-22(5-2-6-23(13)21-12)15(25)11-3-1-4-11/h7,11H,1-6,8-10H2,(H,20,24). The number of fused-ring (bicyclic) bond motifs is 1. The molecule has 0 bridgehead atoms. The van der Waals surface area contributed by atoms with Crippen LogP contribution in [0.1, 0.15) is 43.5 Å². The largest absolute Gasteiger partial charge is 0.397 e. The zero-order chi connectivity index (χ0) is 18.0. The normalized spacial score (nSPS) is 18.3. The summed E-state index contributed by atoms with van der Waals surface area (Å²) in [6, 6.07) is 1.75. The van der Waals surface area contributed by atoms with E-state index in [0.717, 1.165) is 31.4 Å². The Morgan fingerprint density at radius 2 is 2.00 bits per heavy atom. The molecule has 1 saturated carbocycles. The Morgan fingerprint density at radius 1 is 1.24 bits per heavy atom. The predicted octanol–water partition coefficient (Wildman–Crippen LogP) is 1.98. The van der Waals surface area contributed by atoms with E-state index in [1.54, 1.807) is 10.7 Å². The summed E-state index contributed by atoms with van der Waals surface area (Å²) in [7, 11) is 0. The van der Waals surface area contributed by atoms with E-state index < -0.39 is 18.5 Å². The Hall–Kier alpha value is -2.06. The average Bonchev–Trinajstić information content (AvgIpc) is 2.72. The number of alkyl halides is 3. The van der Waals surface area contributed by atoms with E-state index in [9.17, 15) is 22.8 Å². The van der Waals surface area contributed by atoms with Crippen LogP contribution in [0.15, 0.2) is 6.07 Å². The molecule has 2 aliphatic rings. The van der Waals surface area contributed by atoms with Crippen LogP contribution in [0.2, 0.25) is 0 Å². The molecule has 0 atom stereocenters. The zero-order valence-corrected chi connectivity index (χ0v) is 13.8. The first-order chi connectivity index (χ1) is 11.8. The maximum Gasteiger partial charge on any atom is 0.397 e. The molecule has 0 unspecified atom stereocenters. The molecule has 1 N–H and O–H groups in total. The van der Waals surface area contributed by atoms with Gasteiger partial charge in [-0.3, -0.25) is 14.3 Å². The van der Waals surface area contributed by atoms with Crippen LogP contribution >= 0.6 is 0 Å². The highest BCUT2D eigenvalue weighted by molar-refractivity contribution is 5.79. The van der Waals surface area contributed by atoms with E-state index in [0.29, 0.717) is 25.3 Å². The molecule has 25 heavy (non-hydrogen) atoms. The predicted molar refractivity (Wildman–Crippen MR) is 82.1 cm³/mol. The molecule has 2 amide bonds. The van der Waals surface area contributed by atoms with Crippen LogP contribution in [0.25, 0.3) is 0 Å². The lowest BCUT2D eigenvalue weighted by atomic mass is 9.84. The lowest BCUT2D eigenvalue weighted by molar-refractivity contribution is -0.153. The van der Waals surface area contributed by atoms with Crippen molar-refractivity contribution in [2.75, 3.05) is 6.54 Å². The molecule has 1 fully saturated rings. The fraction of sp³-hybridized carbons (Fsp3) is 0.688. The van der Waals surface area contributed by atoms with Crippen LogP contribution in [-0.2, 0) is 29.2 Å². The molecule has 138 valence electrons.